The van der Waals surface area contributed by atoms with E-state index in [2.05, 4.69) is 15.0 Å². The molecule has 22 heavy (non-hydrogen) atoms. The lowest BCUT2D eigenvalue weighted by Gasteiger charge is -2.06. The second-order valence-corrected chi connectivity index (χ2v) is 5.97. The number of hydrogen-bond donors (Lipinski definition) is 0. The van der Waals surface area contributed by atoms with Crippen molar-refractivity contribution in [3.05, 3.63) is 48.8 Å². The molecule has 0 spiro atoms. The standard InChI is InChI=1S/C16H15N3O2S/c1-2-11-21-14-8-10-18-16(19-14)22(20)13-7-3-5-12-6-4-9-17-15(12)13/h3-10H,2,11H2,1H3. The average Bonchev–Trinajstić information content (AvgIpc) is 2.59. The van der Waals surface area contributed by atoms with E-state index in [4.69, 9.17) is 4.74 Å². The first-order valence-electron chi connectivity index (χ1n) is 7.01. The van der Waals surface area contributed by atoms with Gasteiger partial charge in [-0.2, -0.15) is 4.98 Å². The molecule has 1 aromatic carbocycles. The number of ether oxygens (including phenoxy) is 1. The predicted octanol–water partition coefficient (Wildman–Crippen LogP) is 2.98. The summed E-state index contributed by atoms with van der Waals surface area (Å²) in [5.74, 6) is 0.438. The van der Waals surface area contributed by atoms with Crippen LogP contribution in [-0.2, 0) is 10.8 Å². The smallest absolute Gasteiger partial charge is 0.226 e. The van der Waals surface area contributed by atoms with Gasteiger partial charge in [0, 0.05) is 23.8 Å². The van der Waals surface area contributed by atoms with Crippen LogP contribution in [-0.4, -0.2) is 25.8 Å². The minimum absolute atomic E-state index is 0.228. The summed E-state index contributed by atoms with van der Waals surface area (Å²) in [6.07, 6.45) is 4.13. The molecule has 2 heterocycles. The van der Waals surface area contributed by atoms with E-state index in [0.29, 0.717) is 22.9 Å². The molecule has 0 saturated carbocycles. The van der Waals surface area contributed by atoms with Crippen LogP contribution < -0.4 is 4.74 Å². The second-order valence-electron chi connectivity index (χ2n) is 4.63. The summed E-state index contributed by atoms with van der Waals surface area (Å²) in [7, 11) is -1.50. The molecule has 112 valence electrons. The van der Waals surface area contributed by atoms with Gasteiger partial charge < -0.3 is 4.74 Å². The highest BCUT2D eigenvalue weighted by atomic mass is 32.2. The summed E-state index contributed by atoms with van der Waals surface area (Å²) >= 11 is 0. The molecule has 0 aliphatic rings. The molecule has 3 aromatic rings. The molecular weight excluding hydrogens is 298 g/mol. The monoisotopic (exact) mass is 313 g/mol. The Morgan fingerprint density at radius 1 is 1.09 bits per heavy atom. The SMILES string of the molecule is CCCOc1ccnc(S(=O)c2cccc3cccnc23)n1. The van der Waals surface area contributed by atoms with E-state index < -0.39 is 10.8 Å². The number of nitrogens with zero attached hydrogens (tertiary/aromatic N) is 3. The Balaban J connectivity index is 1.99. The molecule has 1 atom stereocenters. The quantitative estimate of drug-likeness (QED) is 0.678. The number of rotatable bonds is 5. The summed E-state index contributed by atoms with van der Waals surface area (Å²) in [5, 5.41) is 1.17. The molecule has 0 amide bonds. The molecule has 6 heteroatoms. The Labute approximate surface area is 130 Å². The minimum Gasteiger partial charge on any atom is -0.478 e. The van der Waals surface area contributed by atoms with Crippen LogP contribution >= 0.6 is 0 Å². The Hall–Kier alpha value is -2.34. The van der Waals surface area contributed by atoms with Gasteiger partial charge in [0.2, 0.25) is 11.0 Å². The molecule has 0 aliphatic carbocycles. The number of benzene rings is 1. The van der Waals surface area contributed by atoms with Gasteiger partial charge in [-0.05, 0) is 18.6 Å². The maximum Gasteiger partial charge on any atom is 0.226 e. The van der Waals surface area contributed by atoms with E-state index in [-0.39, 0.29) is 5.16 Å². The zero-order valence-electron chi connectivity index (χ0n) is 12.1. The second kappa shape index (κ2) is 6.62. The van der Waals surface area contributed by atoms with E-state index in [0.717, 1.165) is 11.8 Å². The summed E-state index contributed by atoms with van der Waals surface area (Å²) in [4.78, 5) is 13.3. The minimum atomic E-state index is -1.50. The van der Waals surface area contributed by atoms with Crippen LogP contribution in [0.3, 0.4) is 0 Å². The van der Waals surface area contributed by atoms with Crippen LogP contribution in [0.5, 0.6) is 5.88 Å². The van der Waals surface area contributed by atoms with Crippen molar-refractivity contribution in [2.24, 2.45) is 0 Å². The first kappa shape index (κ1) is 14.6. The van der Waals surface area contributed by atoms with E-state index in [1.807, 2.05) is 31.2 Å². The van der Waals surface area contributed by atoms with Crippen LogP contribution in [0.15, 0.2) is 58.8 Å². The zero-order chi connectivity index (χ0) is 15.4. The molecule has 0 saturated heterocycles. The zero-order valence-corrected chi connectivity index (χ0v) is 12.9. The van der Waals surface area contributed by atoms with Gasteiger partial charge in [0.1, 0.15) is 10.8 Å². The first-order valence-corrected chi connectivity index (χ1v) is 8.16. The summed E-state index contributed by atoms with van der Waals surface area (Å²) in [5.41, 5.74) is 0.701. The molecule has 3 rings (SSSR count). The number of hydrogen-bond acceptors (Lipinski definition) is 5. The van der Waals surface area contributed by atoms with Gasteiger partial charge in [0.05, 0.1) is 17.0 Å². The lowest BCUT2D eigenvalue weighted by molar-refractivity contribution is 0.301. The van der Waals surface area contributed by atoms with Gasteiger partial charge in [-0.1, -0.05) is 25.1 Å². The third-order valence-electron chi connectivity index (χ3n) is 3.02. The van der Waals surface area contributed by atoms with Crippen molar-refractivity contribution in [3.8, 4) is 5.88 Å². The van der Waals surface area contributed by atoms with Crippen molar-refractivity contribution >= 4 is 21.7 Å². The van der Waals surface area contributed by atoms with Gasteiger partial charge >= 0.3 is 0 Å². The fourth-order valence-electron chi connectivity index (χ4n) is 2.03. The largest absolute Gasteiger partial charge is 0.478 e. The van der Waals surface area contributed by atoms with E-state index in [1.54, 1.807) is 24.5 Å². The summed E-state index contributed by atoms with van der Waals surface area (Å²) < 4.78 is 18.2. The average molecular weight is 313 g/mol. The van der Waals surface area contributed by atoms with Crippen molar-refractivity contribution in [2.45, 2.75) is 23.4 Å². The van der Waals surface area contributed by atoms with Crippen molar-refractivity contribution in [2.75, 3.05) is 6.61 Å². The van der Waals surface area contributed by atoms with E-state index in [1.165, 1.54) is 0 Å². The first-order chi connectivity index (χ1) is 10.8. The number of fused-ring (bicyclic) bond motifs is 1. The Kier molecular flexibility index (Phi) is 4.39. The third kappa shape index (κ3) is 2.96. The van der Waals surface area contributed by atoms with Crippen LogP contribution in [0.1, 0.15) is 13.3 Å². The molecule has 0 N–H and O–H groups in total. The number of para-hydroxylation sites is 1. The van der Waals surface area contributed by atoms with Gasteiger partial charge in [0.25, 0.3) is 0 Å². The van der Waals surface area contributed by atoms with Gasteiger partial charge in [-0.15, -0.1) is 0 Å². The van der Waals surface area contributed by atoms with Crippen LogP contribution in [0.2, 0.25) is 0 Å². The number of pyridine rings is 1. The van der Waals surface area contributed by atoms with Gasteiger partial charge in [0.15, 0.2) is 0 Å². The van der Waals surface area contributed by atoms with Gasteiger partial charge in [-0.3, -0.25) is 4.98 Å². The van der Waals surface area contributed by atoms with Crippen molar-refractivity contribution in [1.82, 2.24) is 15.0 Å². The fraction of sp³-hybridized carbons (Fsp3) is 0.188. The molecule has 5 nitrogen and oxygen atoms in total. The Bertz CT molecular complexity index is 818. The van der Waals surface area contributed by atoms with E-state index >= 15 is 0 Å². The molecular formula is C16H15N3O2S. The number of aromatic nitrogens is 3. The van der Waals surface area contributed by atoms with Crippen LogP contribution in [0.25, 0.3) is 10.9 Å². The molecule has 0 bridgehead atoms. The van der Waals surface area contributed by atoms with Crippen molar-refractivity contribution in [3.63, 3.8) is 0 Å². The highest BCUT2D eigenvalue weighted by molar-refractivity contribution is 7.85. The summed E-state index contributed by atoms with van der Waals surface area (Å²) in [6, 6.07) is 11.0. The highest BCUT2D eigenvalue weighted by Gasteiger charge is 2.15. The Morgan fingerprint density at radius 2 is 1.95 bits per heavy atom. The molecule has 0 fully saturated rings. The Morgan fingerprint density at radius 3 is 2.82 bits per heavy atom. The van der Waals surface area contributed by atoms with Gasteiger partial charge in [-0.25, -0.2) is 9.19 Å². The van der Waals surface area contributed by atoms with E-state index in [9.17, 15) is 4.21 Å². The molecule has 0 aliphatic heterocycles. The highest BCUT2D eigenvalue weighted by Crippen LogP contribution is 2.22. The lowest BCUT2D eigenvalue weighted by Crippen LogP contribution is -2.04. The molecule has 2 aromatic heterocycles. The normalized spacial score (nSPS) is 12.2. The predicted molar refractivity (Wildman–Crippen MR) is 84.2 cm³/mol. The topological polar surface area (TPSA) is 65.0 Å². The third-order valence-corrected chi connectivity index (χ3v) is 4.28. The van der Waals surface area contributed by atoms with Crippen LogP contribution in [0, 0.1) is 0 Å². The molecule has 1 unspecified atom stereocenters. The van der Waals surface area contributed by atoms with Crippen molar-refractivity contribution < 1.29 is 8.95 Å². The molecule has 0 radical (unpaired) electrons. The summed E-state index contributed by atoms with van der Waals surface area (Å²) in [6.45, 7) is 2.58. The lowest BCUT2D eigenvalue weighted by atomic mass is 10.2. The van der Waals surface area contributed by atoms with Crippen molar-refractivity contribution in [1.29, 1.82) is 0 Å². The fourth-order valence-corrected chi connectivity index (χ4v) is 3.10. The van der Waals surface area contributed by atoms with Crippen LogP contribution in [0.4, 0.5) is 0 Å². The maximum atomic E-state index is 12.8. The maximum absolute atomic E-state index is 12.8.